The highest BCUT2D eigenvalue weighted by molar-refractivity contribution is 5.97. The summed E-state index contributed by atoms with van der Waals surface area (Å²) in [5.74, 6) is -0.221. The number of carbonyl (C=O) groups is 1. The zero-order valence-electron chi connectivity index (χ0n) is 10.9. The summed E-state index contributed by atoms with van der Waals surface area (Å²) < 4.78 is 10.4. The topological polar surface area (TPSA) is 74.0 Å². The van der Waals surface area contributed by atoms with Gasteiger partial charge in [-0.05, 0) is 18.6 Å². The molecule has 1 aromatic rings. The van der Waals surface area contributed by atoms with Gasteiger partial charge in [-0.1, -0.05) is 18.2 Å². The number of hydroxylamine groups is 1. The Labute approximate surface area is 112 Å². The lowest BCUT2D eigenvalue weighted by Crippen LogP contribution is -2.46. The molecule has 0 saturated carbocycles. The Morgan fingerprint density at radius 1 is 1.42 bits per heavy atom. The molecule has 104 valence electrons. The van der Waals surface area contributed by atoms with Crippen LogP contribution in [0.15, 0.2) is 24.3 Å². The molecule has 1 heterocycles. The van der Waals surface area contributed by atoms with Gasteiger partial charge in [0.2, 0.25) is 0 Å². The predicted molar refractivity (Wildman–Crippen MR) is 69.1 cm³/mol. The lowest BCUT2D eigenvalue weighted by atomic mass is 10.0. The number of hydrogen-bond acceptors (Lipinski definition) is 5. The van der Waals surface area contributed by atoms with Crippen LogP contribution in [0.1, 0.15) is 12.5 Å². The van der Waals surface area contributed by atoms with Crippen molar-refractivity contribution in [3.05, 3.63) is 29.8 Å². The molecule has 0 bridgehead atoms. The Kier molecular flexibility index (Phi) is 4.86. The van der Waals surface area contributed by atoms with Crippen LogP contribution in [0.3, 0.4) is 0 Å². The summed E-state index contributed by atoms with van der Waals surface area (Å²) in [5, 5.41) is 1.23. The van der Waals surface area contributed by atoms with Crippen molar-refractivity contribution in [1.29, 1.82) is 0 Å². The minimum absolute atomic E-state index is 0.0402. The molecule has 0 fully saturated rings. The van der Waals surface area contributed by atoms with Gasteiger partial charge in [0.15, 0.2) is 6.79 Å². The van der Waals surface area contributed by atoms with E-state index < -0.39 is 6.10 Å². The van der Waals surface area contributed by atoms with Crippen molar-refractivity contribution in [3.8, 4) is 0 Å². The molecule has 19 heavy (non-hydrogen) atoms. The molecule has 0 saturated heterocycles. The van der Waals surface area contributed by atoms with Gasteiger partial charge in [-0.3, -0.25) is 4.79 Å². The summed E-state index contributed by atoms with van der Waals surface area (Å²) in [4.78, 5) is 17.6. The van der Waals surface area contributed by atoms with Gasteiger partial charge in [0.25, 0.3) is 5.91 Å². The zero-order valence-corrected chi connectivity index (χ0v) is 10.9. The van der Waals surface area contributed by atoms with Crippen molar-refractivity contribution in [2.75, 3.05) is 25.2 Å². The van der Waals surface area contributed by atoms with Crippen molar-refractivity contribution >= 4 is 11.6 Å². The average molecular weight is 266 g/mol. The number of nitrogens with two attached hydrogens (primary N) is 1. The Hall–Kier alpha value is -1.47. The van der Waals surface area contributed by atoms with Gasteiger partial charge in [0, 0.05) is 13.0 Å². The van der Waals surface area contributed by atoms with E-state index in [1.165, 1.54) is 5.06 Å². The quantitative estimate of drug-likeness (QED) is 0.609. The summed E-state index contributed by atoms with van der Waals surface area (Å²) in [6.45, 7) is 2.30. The highest BCUT2D eigenvalue weighted by Gasteiger charge is 2.34. The number of carbonyl (C=O) groups excluding carboxylic acids is 1. The van der Waals surface area contributed by atoms with E-state index in [1.807, 2.05) is 31.2 Å². The van der Waals surface area contributed by atoms with E-state index in [4.69, 9.17) is 20.0 Å². The number of benzene rings is 1. The fraction of sp³-hybridized carbons (Fsp3) is 0.462. The first kappa shape index (κ1) is 14.0. The van der Waals surface area contributed by atoms with Crippen LogP contribution < -0.4 is 10.8 Å². The normalized spacial score (nSPS) is 18.5. The molecule has 1 aliphatic rings. The number of para-hydroxylation sites is 1. The van der Waals surface area contributed by atoms with Crippen molar-refractivity contribution in [2.45, 2.75) is 19.4 Å². The molecule has 0 aromatic heterocycles. The third-order valence-corrected chi connectivity index (χ3v) is 2.84. The molecule has 0 aliphatic carbocycles. The minimum Gasteiger partial charge on any atom is -0.368 e. The fourth-order valence-corrected chi connectivity index (χ4v) is 2.02. The monoisotopic (exact) mass is 266 g/mol. The van der Waals surface area contributed by atoms with Gasteiger partial charge < -0.3 is 15.2 Å². The summed E-state index contributed by atoms with van der Waals surface area (Å²) in [7, 11) is 0. The van der Waals surface area contributed by atoms with Gasteiger partial charge in [0.05, 0.1) is 12.4 Å². The van der Waals surface area contributed by atoms with Crippen LogP contribution in [0.4, 0.5) is 5.69 Å². The highest BCUT2D eigenvalue weighted by Crippen LogP contribution is 2.29. The second kappa shape index (κ2) is 6.63. The van der Waals surface area contributed by atoms with Crippen LogP contribution in [-0.2, 0) is 25.5 Å². The molecule has 6 nitrogen and oxygen atoms in total. The third kappa shape index (κ3) is 3.10. The van der Waals surface area contributed by atoms with E-state index in [2.05, 4.69) is 0 Å². The maximum Gasteiger partial charge on any atom is 0.280 e. The average Bonchev–Trinajstić information content (AvgIpc) is 2.43. The molecule has 0 spiro atoms. The molecule has 1 amide bonds. The van der Waals surface area contributed by atoms with E-state index in [0.717, 1.165) is 11.3 Å². The van der Waals surface area contributed by atoms with Crippen molar-refractivity contribution in [1.82, 2.24) is 0 Å². The SMILES string of the molecule is CCO[C@H]1Cc2ccccc2N(OCOCN)C1=O. The second-order valence-electron chi connectivity index (χ2n) is 4.03. The summed E-state index contributed by atoms with van der Waals surface area (Å²) in [6.07, 6.45) is 0.0401. The van der Waals surface area contributed by atoms with Gasteiger partial charge in [-0.15, -0.1) is 0 Å². The van der Waals surface area contributed by atoms with Crippen LogP contribution in [0.25, 0.3) is 0 Å². The Morgan fingerprint density at radius 3 is 2.95 bits per heavy atom. The van der Waals surface area contributed by atoms with Crippen molar-refractivity contribution < 1.29 is 19.1 Å². The van der Waals surface area contributed by atoms with Crippen LogP contribution in [0.5, 0.6) is 0 Å². The van der Waals surface area contributed by atoms with Crippen LogP contribution in [0, 0.1) is 0 Å². The van der Waals surface area contributed by atoms with Gasteiger partial charge >= 0.3 is 0 Å². The summed E-state index contributed by atoms with van der Waals surface area (Å²) in [5.41, 5.74) is 6.95. The Morgan fingerprint density at radius 2 is 2.21 bits per heavy atom. The number of rotatable bonds is 6. The largest absolute Gasteiger partial charge is 0.368 e. The number of anilines is 1. The number of ether oxygens (including phenoxy) is 2. The highest BCUT2D eigenvalue weighted by atomic mass is 16.8. The van der Waals surface area contributed by atoms with Gasteiger partial charge in [0.1, 0.15) is 6.10 Å². The van der Waals surface area contributed by atoms with Crippen LogP contribution in [-0.4, -0.2) is 32.1 Å². The molecule has 1 aliphatic heterocycles. The Balaban J connectivity index is 2.19. The standard InChI is InChI=1S/C13H18N2O4/c1-2-18-12-7-10-5-3-4-6-11(10)15(13(12)16)19-9-17-8-14/h3-6,12H,2,7-9,14H2,1H3/t12-/m0/s1. The van der Waals surface area contributed by atoms with Crippen LogP contribution in [0.2, 0.25) is 0 Å². The van der Waals surface area contributed by atoms with E-state index >= 15 is 0 Å². The molecule has 2 N–H and O–H groups in total. The lowest BCUT2D eigenvalue weighted by molar-refractivity contribution is -0.146. The maximum absolute atomic E-state index is 12.3. The predicted octanol–water partition coefficient (Wildman–Crippen LogP) is 0.803. The minimum atomic E-state index is -0.516. The molecule has 0 unspecified atom stereocenters. The van der Waals surface area contributed by atoms with Crippen molar-refractivity contribution in [3.63, 3.8) is 0 Å². The zero-order chi connectivity index (χ0) is 13.7. The molecular weight excluding hydrogens is 248 g/mol. The van der Waals surface area contributed by atoms with E-state index in [0.29, 0.717) is 13.0 Å². The van der Waals surface area contributed by atoms with E-state index in [9.17, 15) is 4.79 Å². The smallest absolute Gasteiger partial charge is 0.280 e. The first-order valence-electron chi connectivity index (χ1n) is 6.22. The number of fused-ring (bicyclic) bond motifs is 1. The molecule has 1 aromatic carbocycles. The first-order chi connectivity index (χ1) is 9.27. The molecule has 6 heteroatoms. The first-order valence-corrected chi connectivity index (χ1v) is 6.22. The molecule has 1 atom stereocenters. The van der Waals surface area contributed by atoms with Crippen LogP contribution >= 0.6 is 0 Å². The Bertz CT molecular complexity index is 438. The summed E-state index contributed by atoms with van der Waals surface area (Å²) in [6, 6.07) is 7.56. The van der Waals surface area contributed by atoms with Gasteiger partial charge in [-0.25, -0.2) is 4.84 Å². The third-order valence-electron chi connectivity index (χ3n) is 2.84. The van der Waals surface area contributed by atoms with E-state index in [1.54, 1.807) is 0 Å². The number of amides is 1. The lowest BCUT2D eigenvalue weighted by Gasteiger charge is -2.32. The second-order valence-corrected chi connectivity index (χ2v) is 4.03. The number of nitrogens with zero attached hydrogens (tertiary/aromatic N) is 1. The van der Waals surface area contributed by atoms with E-state index in [-0.39, 0.29) is 19.4 Å². The molecule has 0 radical (unpaired) electrons. The maximum atomic E-state index is 12.3. The fourth-order valence-electron chi connectivity index (χ4n) is 2.02. The summed E-state index contributed by atoms with van der Waals surface area (Å²) >= 11 is 0. The number of hydrogen-bond donors (Lipinski definition) is 1. The molecular formula is C13H18N2O4. The molecule has 2 rings (SSSR count). The van der Waals surface area contributed by atoms with Gasteiger partial charge in [-0.2, -0.15) is 5.06 Å². The van der Waals surface area contributed by atoms with Crippen molar-refractivity contribution in [2.24, 2.45) is 5.73 Å².